The quantitative estimate of drug-likeness (QED) is 0.798. The van der Waals surface area contributed by atoms with Gasteiger partial charge in [-0.05, 0) is 27.7 Å². The molecule has 1 atom stereocenters. The maximum absolute atomic E-state index is 12.0. The molecule has 1 rings (SSSR count). The SMILES string of the molecule is CC(C(=O)O)S(=O)(=O)N1CCN(C(C)(C)C)CC1. The summed E-state index contributed by atoms with van der Waals surface area (Å²) in [4.78, 5) is 13.0. The molecule has 1 aliphatic heterocycles. The van der Waals surface area contributed by atoms with E-state index >= 15 is 0 Å². The summed E-state index contributed by atoms with van der Waals surface area (Å²) in [5.41, 5.74) is 0.00820. The van der Waals surface area contributed by atoms with Crippen molar-refractivity contribution in [3.8, 4) is 0 Å². The standard InChI is InChI=1S/C11H22N2O4S/c1-9(10(14)15)18(16,17)13-7-5-12(6-8-13)11(2,3)4/h9H,5-8H2,1-4H3,(H,14,15). The zero-order chi connectivity index (χ0) is 14.1. The van der Waals surface area contributed by atoms with E-state index < -0.39 is 21.2 Å². The van der Waals surface area contributed by atoms with Crippen molar-refractivity contribution in [2.75, 3.05) is 26.2 Å². The van der Waals surface area contributed by atoms with Crippen LogP contribution >= 0.6 is 0 Å². The van der Waals surface area contributed by atoms with Gasteiger partial charge in [0.15, 0.2) is 5.25 Å². The van der Waals surface area contributed by atoms with Crippen LogP contribution in [-0.4, -0.2) is 65.7 Å². The molecule has 1 fully saturated rings. The molecule has 6 nitrogen and oxygen atoms in total. The number of aliphatic carboxylic acids is 1. The van der Waals surface area contributed by atoms with Crippen LogP contribution in [0.2, 0.25) is 0 Å². The lowest BCUT2D eigenvalue weighted by atomic mass is 10.1. The number of piperazine rings is 1. The topological polar surface area (TPSA) is 77.9 Å². The molecule has 1 saturated heterocycles. The second-order valence-electron chi connectivity index (χ2n) is 5.58. The van der Waals surface area contributed by atoms with Gasteiger partial charge in [0, 0.05) is 31.7 Å². The molecule has 0 aliphatic carbocycles. The Hall–Kier alpha value is -0.660. The predicted molar refractivity (Wildman–Crippen MR) is 68.9 cm³/mol. The molecule has 18 heavy (non-hydrogen) atoms. The Morgan fingerprint density at radius 1 is 1.17 bits per heavy atom. The first-order chi connectivity index (χ1) is 8.06. The van der Waals surface area contributed by atoms with Crippen LogP contribution in [0.3, 0.4) is 0 Å². The molecular weight excluding hydrogens is 256 g/mol. The van der Waals surface area contributed by atoms with Crippen LogP contribution in [0.1, 0.15) is 27.7 Å². The lowest BCUT2D eigenvalue weighted by molar-refractivity contribution is -0.136. The van der Waals surface area contributed by atoms with Crippen molar-refractivity contribution in [1.82, 2.24) is 9.21 Å². The maximum Gasteiger partial charge on any atom is 0.323 e. The minimum atomic E-state index is -3.72. The third-order valence-corrected chi connectivity index (χ3v) is 5.52. The first-order valence-corrected chi connectivity index (χ1v) is 7.54. The minimum absolute atomic E-state index is 0.00820. The minimum Gasteiger partial charge on any atom is -0.480 e. The smallest absolute Gasteiger partial charge is 0.323 e. The Morgan fingerprint density at radius 2 is 1.61 bits per heavy atom. The molecule has 0 bridgehead atoms. The monoisotopic (exact) mass is 278 g/mol. The van der Waals surface area contributed by atoms with Crippen LogP contribution < -0.4 is 0 Å². The molecule has 1 N–H and O–H groups in total. The number of carbonyl (C=O) groups is 1. The van der Waals surface area contributed by atoms with E-state index in [2.05, 4.69) is 25.7 Å². The van der Waals surface area contributed by atoms with Gasteiger partial charge in [-0.2, -0.15) is 4.31 Å². The number of hydrogen-bond acceptors (Lipinski definition) is 4. The number of nitrogens with zero attached hydrogens (tertiary/aromatic N) is 2. The van der Waals surface area contributed by atoms with Gasteiger partial charge in [0.1, 0.15) is 0 Å². The molecule has 0 amide bonds. The van der Waals surface area contributed by atoms with Crippen molar-refractivity contribution in [2.45, 2.75) is 38.5 Å². The zero-order valence-electron chi connectivity index (χ0n) is 11.4. The summed E-state index contributed by atoms with van der Waals surface area (Å²) in [5, 5.41) is 7.44. The van der Waals surface area contributed by atoms with Crippen molar-refractivity contribution < 1.29 is 18.3 Å². The summed E-state index contributed by atoms with van der Waals surface area (Å²) in [6, 6.07) is 0. The molecule has 1 unspecified atom stereocenters. The van der Waals surface area contributed by atoms with Crippen LogP contribution in [0.15, 0.2) is 0 Å². The molecule has 0 aromatic heterocycles. The van der Waals surface area contributed by atoms with Gasteiger partial charge in [0.25, 0.3) is 0 Å². The molecule has 7 heteroatoms. The van der Waals surface area contributed by atoms with E-state index in [1.165, 1.54) is 11.2 Å². The highest BCUT2D eigenvalue weighted by Crippen LogP contribution is 2.19. The fourth-order valence-corrected chi connectivity index (χ4v) is 3.34. The summed E-state index contributed by atoms with van der Waals surface area (Å²) >= 11 is 0. The zero-order valence-corrected chi connectivity index (χ0v) is 12.2. The van der Waals surface area contributed by atoms with Crippen molar-refractivity contribution in [1.29, 1.82) is 0 Å². The summed E-state index contributed by atoms with van der Waals surface area (Å²) in [6.07, 6.45) is 0. The highest BCUT2D eigenvalue weighted by molar-refractivity contribution is 7.90. The molecule has 0 spiro atoms. The van der Waals surface area contributed by atoms with Gasteiger partial charge in [-0.15, -0.1) is 0 Å². The van der Waals surface area contributed by atoms with E-state index in [9.17, 15) is 13.2 Å². The van der Waals surface area contributed by atoms with E-state index in [4.69, 9.17) is 5.11 Å². The highest BCUT2D eigenvalue weighted by Gasteiger charge is 2.37. The largest absolute Gasteiger partial charge is 0.480 e. The van der Waals surface area contributed by atoms with E-state index in [1.807, 2.05) is 0 Å². The number of hydrogen-bond donors (Lipinski definition) is 1. The third-order valence-electron chi connectivity index (χ3n) is 3.34. The predicted octanol–water partition coefficient (Wildman–Crippen LogP) is 0.205. The molecular formula is C11H22N2O4S. The average Bonchev–Trinajstić information content (AvgIpc) is 2.26. The summed E-state index contributed by atoms with van der Waals surface area (Å²) in [5.74, 6) is -1.30. The van der Waals surface area contributed by atoms with Gasteiger partial charge in [0.2, 0.25) is 10.0 Å². The van der Waals surface area contributed by atoms with Gasteiger partial charge in [-0.3, -0.25) is 9.69 Å². The van der Waals surface area contributed by atoms with Crippen LogP contribution in [-0.2, 0) is 14.8 Å². The van der Waals surface area contributed by atoms with E-state index in [0.29, 0.717) is 26.2 Å². The van der Waals surface area contributed by atoms with E-state index in [-0.39, 0.29) is 5.54 Å². The molecule has 1 aliphatic rings. The summed E-state index contributed by atoms with van der Waals surface area (Å²) in [7, 11) is -3.72. The molecule has 1 heterocycles. The van der Waals surface area contributed by atoms with E-state index in [0.717, 1.165) is 0 Å². The number of sulfonamides is 1. The lowest BCUT2D eigenvalue weighted by Crippen LogP contribution is -2.56. The van der Waals surface area contributed by atoms with Crippen LogP contribution in [0, 0.1) is 0 Å². The molecule has 0 aromatic rings. The number of carboxylic acids is 1. The summed E-state index contributed by atoms with van der Waals surface area (Å²) in [6.45, 7) is 9.44. The first-order valence-electron chi connectivity index (χ1n) is 6.03. The number of rotatable bonds is 3. The van der Waals surface area contributed by atoms with Crippen molar-refractivity contribution in [3.05, 3.63) is 0 Å². The summed E-state index contributed by atoms with van der Waals surface area (Å²) < 4.78 is 25.3. The van der Waals surface area contributed by atoms with Crippen molar-refractivity contribution in [3.63, 3.8) is 0 Å². The Kier molecular flexibility index (Phi) is 4.40. The van der Waals surface area contributed by atoms with E-state index in [1.54, 1.807) is 0 Å². The maximum atomic E-state index is 12.0. The third kappa shape index (κ3) is 3.21. The highest BCUT2D eigenvalue weighted by atomic mass is 32.2. The van der Waals surface area contributed by atoms with Gasteiger partial charge >= 0.3 is 5.97 Å². The lowest BCUT2D eigenvalue weighted by Gasteiger charge is -2.42. The molecule has 106 valence electrons. The fraction of sp³-hybridized carbons (Fsp3) is 0.909. The van der Waals surface area contributed by atoms with Crippen molar-refractivity contribution >= 4 is 16.0 Å². The van der Waals surface area contributed by atoms with Crippen molar-refractivity contribution in [2.24, 2.45) is 0 Å². The van der Waals surface area contributed by atoms with Gasteiger partial charge < -0.3 is 5.11 Å². The molecule has 0 radical (unpaired) electrons. The Morgan fingerprint density at radius 3 is 1.94 bits per heavy atom. The Bertz CT molecular complexity index is 405. The normalized spacial score (nSPS) is 21.8. The van der Waals surface area contributed by atoms with Gasteiger partial charge in [-0.1, -0.05) is 0 Å². The van der Waals surface area contributed by atoms with Crippen LogP contribution in [0.25, 0.3) is 0 Å². The molecule has 0 saturated carbocycles. The second kappa shape index (κ2) is 5.14. The van der Waals surface area contributed by atoms with Crippen LogP contribution in [0.5, 0.6) is 0 Å². The average molecular weight is 278 g/mol. The molecule has 0 aromatic carbocycles. The Balaban J connectivity index is 2.72. The Labute approximate surface area is 109 Å². The van der Waals surface area contributed by atoms with Crippen LogP contribution in [0.4, 0.5) is 0 Å². The fourth-order valence-electron chi connectivity index (χ4n) is 1.96. The first kappa shape index (κ1) is 15.4. The van der Waals surface area contributed by atoms with Gasteiger partial charge in [-0.25, -0.2) is 8.42 Å². The van der Waals surface area contributed by atoms with Gasteiger partial charge in [0.05, 0.1) is 0 Å². The second-order valence-corrected chi connectivity index (χ2v) is 7.84. The number of carboxylic acid groups (broad SMARTS) is 1.